The molecule has 0 saturated heterocycles. The van der Waals surface area contributed by atoms with Crippen molar-refractivity contribution in [3.8, 4) is 11.6 Å². The van der Waals surface area contributed by atoms with Gasteiger partial charge >= 0.3 is 5.97 Å². The van der Waals surface area contributed by atoms with Crippen LogP contribution < -0.4 is 4.74 Å². The minimum atomic E-state index is -0.899. The van der Waals surface area contributed by atoms with Crippen molar-refractivity contribution in [3.05, 3.63) is 42.2 Å². The lowest BCUT2D eigenvalue weighted by Gasteiger charge is -2.09. The van der Waals surface area contributed by atoms with Gasteiger partial charge in [-0.25, -0.2) is 9.97 Å². The van der Waals surface area contributed by atoms with Gasteiger partial charge in [0.25, 0.3) is 0 Å². The number of aliphatic carboxylic acids is 1. The first-order valence-corrected chi connectivity index (χ1v) is 6.75. The zero-order chi connectivity index (χ0) is 13.7. The van der Waals surface area contributed by atoms with E-state index in [4.69, 9.17) is 9.84 Å². The SMILES string of the molecule is CSc1cc(Oc2ccccc2CC(=O)O)ncn1. The largest absolute Gasteiger partial charge is 0.481 e. The molecule has 2 aromatic rings. The first kappa shape index (κ1) is 13.4. The molecule has 0 atom stereocenters. The van der Waals surface area contributed by atoms with Crippen molar-refractivity contribution in [2.24, 2.45) is 0 Å². The Kier molecular flexibility index (Phi) is 4.35. The fourth-order valence-corrected chi connectivity index (χ4v) is 1.89. The molecule has 19 heavy (non-hydrogen) atoms. The van der Waals surface area contributed by atoms with Crippen LogP contribution in [0.3, 0.4) is 0 Å². The van der Waals surface area contributed by atoms with E-state index in [1.165, 1.54) is 18.1 Å². The summed E-state index contributed by atoms with van der Waals surface area (Å²) in [6.45, 7) is 0. The van der Waals surface area contributed by atoms with Crippen LogP contribution in [0.4, 0.5) is 0 Å². The summed E-state index contributed by atoms with van der Waals surface area (Å²) in [6.07, 6.45) is 3.24. The Hall–Kier alpha value is -2.08. The van der Waals surface area contributed by atoms with E-state index >= 15 is 0 Å². The number of hydrogen-bond acceptors (Lipinski definition) is 5. The van der Waals surface area contributed by atoms with Gasteiger partial charge in [-0.05, 0) is 12.3 Å². The van der Waals surface area contributed by atoms with E-state index in [9.17, 15) is 4.79 Å². The molecular formula is C13H12N2O3S. The van der Waals surface area contributed by atoms with Crippen LogP contribution in [0.5, 0.6) is 11.6 Å². The maximum Gasteiger partial charge on any atom is 0.307 e. The summed E-state index contributed by atoms with van der Waals surface area (Å²) in [5.74, 6) is -0.00335. The van der Waals surface area contributed by atoms with Gasteiger partial charge in [0.05, 0.1) is 6.42 Å². The smallest absolute Gasteiger partial charge is 0.307 e. The molecule has 2 rings (SSSR count). The lowest BCUT2D eigenvalue weighted by atomic mass is 10.1. The van der Waals surface area contributed by atoms with Crippen LogP contribution >= 0.6 is 11.8 Å². The van der Waals surface area contributed by atoms with Gasteiger partial charge in [-0.15, -0.1) is 11.8 Å². The third kappa shape index (κ3) is 3.69. The summed E-state index contributed by atoms with van der Waals surface area (Å²) in [7, 11) is 0. The molecule has 0 unspecified atom stereocenters. The molecule has 1 aromatic heterocycles. The lowest BCUT2D eigenvalue weighted by Crippen LogP contribution is -2.02. The summed E-state index contributed by atoms with van der Waals surface area (Å²) in [5.41, 5.74) is 0.610. The zero-order valence-corrected chi connectivity index (χ0v) is 11.1. The monoisotopic (exact) mass is 276 g/mol. The van der Waals surface area contributed by atoms with Crippen molar-refractivity contribution >= 4 is 17.7 Å². The fourth-order valence-electron chi connectivity index (χ4n) is 1.52. The minimum Gasteiger partial charge on any atom is -0.481 e. The molecule has 0 aliphatic heterocycles. The van der Waals surface area contributed by atoms with E-state index in [-0.39, 0.29) is 6.42 Å². The average Bonchev–Trinajstić information content (AvgIpc) is 2.41. The van der Waals surface area contributed by atoms with E-state index in [2.05, 4.69) is 9.97 Å². The molecule has 1 heterocycles. The lowest BCUT2D eigenvalue weighted by molar-refractivity contribution is -0.136. The third-order valence-corrected chi connectivity index (χ3v) is 3.00. The standard InChI is InChI=1S/C13H12N2O3S/c1-19-12-7-11(14-8-15-12)18-10-5-3-2-4-9(10)6-13(16)17/h2-5,7-8H,6H2,1H3,(H,16,17). The Balaban J connectivity index is 2.24. The molecule has 0 radical (unpaired) electrons. The number of para-hydroxylation sites is 1. The van der Waals surface area contributed by atoms with Crippen molar-refractivity contribution in [3.63, 3.8) is 0 Å². The van der Waals surface area contributed by atoms with Crippen molar-refractivity contribution in [2.45, 2.75) is 11.4 Å². The van der Waals surface area contributed by atoms with Gasteiger partial charge in [0, 0.05) is 11.6 Å². The topological polar surface area (TPSA) is 72.3 Å². The van der Waals surface area contributed by atoms with Crippen molar-refractivity contribution in [1.82, 2.24) is 9.97 Å². The molecule has 1 N–H and O–H groups in total. The van der Waals surface area contributed by atoms with Gasteiger partial charge in [-0.3, -0.25) is 4.79 Å². The second kappa shape index (κ2) is 6.19. The third-order valence-electron chi connectivity index (χ3n) is 2.35. The number of nitrogens with zero attached hydrogens (tertiary/aromatic N) is 2. The fraction of sp³-hybridized carbons (Fsp3) is 0.154. The molecule has 6 heteroatoms. The summed E-state index contributed by atoms with van der Waals surface area (Å²) in [4.78, 5) is 18.8. The van der Waals surface area contributed by atoms with Crippen LogP contribution in [0.2, 0.25) is 0 Å². The van der Waals surface area contributed by atoms with Crippen LogP contribution in [0, 0.1) is 0 Å². The van der Waals surface area contributed by atoms with Gasteiger partial charge in [0.1, 0.15) is 17.1 Å². The van der Waals surface area contributed by atoms with Crippen molar-refractivity contribution < 1.29 is 14.6 Å². The van der Waals surface area contributed by atoms with Crippen molar-refractivity contribution in [1.29, 1.82) is 0 Å². The maximum atomic E-state index is 10.8. The molecule has 0 bridgehead atoms. The first-order valence-electron chi connectivity index (χ1n) is 5.52. The highest BCUT2D eigenvalue weighted by Crippen LogP contribution is 2.25. The number of rotatable bonds is 5. The Bertz CT molecular complexity index is 590. The molecular weight excluding hydrogens is 264 g/mol. The predicted octanol–water partition coefficient (Wildman–Crippen LogP) is 2.62. The number of hydrogen-bond donors (Lipinski definition) is 1. The zero-order valence-electron chi connectivity index (χ0n) is 10.2. The number of thioether (sulfide) groups is 1. The molecule has 5 nitrogen and oxygen atoms in total. The Labute approximate surface area is 114 Å². The van der Waals surface area contributed by atoms with Crippen LogP contribution in [-0.2, 0) is 11.2 Å². The van der Waals surface area contributed by atoms with Crippen LogP contribution in [0.1, 0.15) is 5.56 Å². The quantitative estimate of drug-likeness (QED) is 0.668. The number of aromatic nitrogens is 2. The number of ether oxygens (including phenoxy) is 1. The Morgan fingerprint density at radius 1 is 1.37 bits per heavy atom. The van der Waals surface area contributed by atoms with Gasteiger partial charge < -0.3 is 9.84 Å². The van der Waals surface area contributed by atoms with E-state index in [0.29, 0.717) is 17.2 Å². The van der Waals surface area contributed by atoms with Crippen LogP contribution in [0.25, 0.3) is 0 Å². The first-order chi connectivity index (χ1) is 9.19. The number of carboxylic acids is 1. The van der Waals surface area contributed by atoms with E-state index in [0.717, 1.165) is 5.03 Å². The molecule has 98 valence electrons. The van der Waals surface area contributed by atoms with Crippen molar-refractivity contribution in [2.75, 3.05) is 6.26 Å². The Morgan fingerprint density at radius 2 is 2.16 bits per heavy atom. The number of benzene rings is 1. The molecule has 1 aromatic carbocycles. The predicted molar refractivity (Wildman–Crippen MR) is 71.7 cm³/mol. The second-order valence-electron chi connectivity index (χ2n) is 3.68. The normalized spacial score (nSPS) is 10.2. The van der Waals surface area contributed by atoms with E-state index in [1.54, 1.807) is 30.3 Å². The van der Waals surface area contributed by atoms with Crippen LogP contribution in [-0.4, -0.2) is 27.3 Å². The highest BCUT2D eigenvalue weighted by Gasteiger charge is 2.09. The Morgan fingerprint density at radius 3 is 2.89 bits per heavy atom. The summed E-state index contributed by atoms with van der Waals surface area (Å²) in [5, 5.41) is 9.65. The summed E-state index contributed by atoms with van der Waals surface area (Å²) in [6, 6.07) is 8.72. The molecule has 0 aliphatic carbocycles. The molecule has 0 saturated carbocycles. The molecule has 0 aliphatic rings. The van der Waals surface area contributed by atoms with Gasteiger partial charge in [0.2, 0.25) is 5.88 Å². The van der Waals surface area contributed by atoms with Crippen LogP contribution in [0.15, 0.2) is 41.7 Å². The van der Waals surface area contributed by atoms with E-state index in [1.807, 2.05) is 6.26 Å². The van der Waals surface area contributed by atoms with E-state index < -0.39 is 5.97 Å². The van der Waals surface area contributed by atoms with Gasteiger partial charge in [0.15, 0.2) is 0 Å². The number of carboxylic acid groups (broad SMARTS) is 1. The summed E-state index contributed by atoms with van der Waals surface area (Å²) >= 11 is 1.48. The molecule has 0 fully saturated rings. The molecule has 0 amide bonds. The molecule has 0 spiro atoms. The second-order valence-corrected chi connectivity index (χ2v) is 4.51. The summed E-state index contributed by atoms with van der Waals surface area (Å²) < 4.78 is 5.63. The average molecular weight is 276 g/mol. The van der Waals surface area contributed by atoms with Gasteiger partial charge in [-0.1, -0.05) is 18.2 Å². The van der Waals surface area contributed by atoms with Gasteiger partial charge in [-0.2, -0.15) is 0 Å². The maximum absolute atomic E-state index is 10.8. The minimum absolute atomic E-state index is 0.0867. The number of carbonyl (C=O) groups is 1. The highest BCUT2D eigenvalue weighted by atomic mass is 32.2. The highest BCUT2D eigenvalue weighted by molar-refractivity contribution is 7.98.